The molecule has 4 heteroatoms. The molecule has 1 spiro atoms. The molecule has 0 aromatic heterocycles. The largest absolute Gasteiger partial charge is 0.381 e. The first-order chi connectivity index (χ1) is 13.1. The quantitative estimate of drug-likeness (QED) is 0.847. The number of hydrogen-bond acceptors (Lipinski definition) is 2. The van der Waals surface area contributed by atoms with E-state index in [9.17, 15) is 9.18 Å². The number of ether oxygens (including phenoxy) is 1. The van der Waals surface area contributed by atoms with Crippen molar-refractivity contribution in [1.82, 2.24) is 0 Å². The first-order valence-corrected chi connectivity index (χ1v) is 9.89. The van der Waals surface area contributed by atoms with Crippen LogP contribution in [-0.2, 0) is 16.0 Å². The summed E-state index contributed by atoms with van der Waals surface area (Å²) in [7, 11) is 0. The molecule has 27 heavy (non-hydrogen) atoms. The standard InChI is InChI=1S/C23H24FNO2/c24-21-11-17(5-6-19(21)16-7-10-27-14-16)25-22(26)12-20-18-4-2-1-3-15(18)13-23(20)8-9-23/h1-6,11,16,20H,7-10,12-14H2,(H,25,26). The highest BCUT2D eigenvalue weighted by molar-refractivity contribution is 5.91. The van der Waals surface area contributed by atoms with Gasteiger partial charge in [0.25, 0.3) is 0 Å². The molecule has 0 radical (unpaired) electrons. The number of hydrogen-bond donors (Lipinski definition) is 1. The second kappa shape index (κ2) is 6.45. The third-order valence-electron chi connectivity index (χ3n) is 6.65. The van der Waals surface area contributed by atoms with Gasteiger partial charge in [-0.25, -0.2) is 4.39 Å². The SMILES string of the molecule is O=C(CC1c2ccccc2CC12CC2)Nc1ccc(C2CCOC2)c(F)c1. The summed E-state index contributed by atoms with van der Waals surface area (Å²) < 4.78 is 19.8. The molecule has 140 valence electrons. The summed E-state index contributed by atoms with van der Waals surface area (Å²) in [6, 6.07) is 13.5. The van der Waals surface area contributed by atoms with Crippen molar-refractivity contribution < 1.29 is 13.9 Å². The fourth-order valence-electron chi connectivity index (χ4n) is 4.99. The first kappa shape index (κ1) is 16.9. The van der Waals surface area contributed by atoms with Crippen molar-refractivity contribution in [3.8, 4) is 0 Å². The number of amides is 1. The first-order valence-electron chi connectivity index (χ1n) is 9.89. The molecule has 1 saturated heterocycles. The lowest BCUT2D eigenvalue weighted by molar-refractivity contribution is -0.116. The molecule has 2 aromatic carbocycles. The molecule has 0 bridgehead atoms. The van der Waals surface area contributed by atoms with E-state index in [4.69, 9.17) is 4.74 Å². The number of rotatable bonds is 4. The summed E-state index contributed by atoms with van der Waals surface area (Å²) in [6.07, 6.45) is 4.81. The van der Waals surface area contributed by atoms with Crippen molar-refractivity contribution in [3.05, 3.63) is 65.0 Å². The van der Waals surface area contributed by atoms with Crippen LogP contribution in [0.4, 0.5) is 10.1 Å². The van der Waals surface area contributed by atoms with Crippen molar-refractivity contribution in [3.63, 3.8) is 0 Å². The topological polar surface area (TPSA) is 38.3 Å². The molecule has 5 rings (SSSR count). The van der Waals surface area contributed by atoms with Crippen LogP contribution in [0.3, 0.4) is 0 Å². The predicted molar refractivity (Wildman–Crippen MR) is 102 cm³/mol. The second-order valence-corrected chi connectivity index (χ2v) is 8.34. The Morgan fingerprint density at radius 3 is 2.78 bits per heavy atom. The molecule has 2 aliphatic carbocycles. The van der Waals surface area contributed by atoms with E-state index in [0.717, 1.165) is 12.8 Å². The van der Waals surface area contributed by atoms with Gasteiger partial charge in [0.15, 0.2) is 0 Å². The summed E-state index contributed by atoms with van der Waals surface area (Å²) in [6.45, 7) is 1.26. The highest BCUT2D eigenvalue weighted by Gasteiger charge is 2.54. The Morgan fingerprint density at radius 2 is 2.04 bits per heavy atom. The Kier molecular flexibility index (Phi) is 4.05. The molecule has 2 unspecified atom stereocenters. The van der Waals surface area contributed by atoms with E-state index in [0.29, 0.717) is 36.3 Å². The highest BCUT2D eigenvalue weighted by atomic mass is 19.1. The molecule has 2 aromatic rings. The minimum atomic E-state index is -0.256. The van der Waals surface area contributed by atoms with Crippen LogP contribution in [-0.4, -0.2) is 19.1 Å². The molecule has 3 nitrogen and oxygen atoms in total. The van der Waals surface area contributed by atoms with Gasteiger partial charge in [0, 0.05) is 24.6 Å². The Balaban J connectivity index is 1.29. The third kappa shape index (κ3) is 3.06. The van der Waals surface area contributed by atoms with E-state index in [1.165, 1.54) is 30.0 Å². The molecule has 1 aliphatic heterocycles. The Morgan fingerprint density at radius 1 is 1.19 bits per heavy atom. The van der Waals surface area contributed by atoms with E-state index in [-0.39, 0.29) is 23.6 Å². The van der Waals surface area contributed by atoms with Crippen LogP contribution >= 0.6 is 0 Å². The molecule has 1 amide bonds. The lowest BCUT2D eigenvalue weighted by Crippen LogP contribution is -2.19. The normalized spacial score (nSPS) is 24.8. The summed E-state index contributed by atoms with van der Waals surface area (Å²) in [5.74, 6) is 0.125. The zero-order valence-corrected chi connectivity index (χ0v) is 15.3. The van der Waals surface area contributed by atoms with Crippen LogP contribution in [0, 0.1) is 11.2 Å². The Labute approximate surface area is 158 Å². The molecular formula is C23H24FNO2. The van der Waals surface area contributed by atoms with Crippen molar-refractivity contribution in [1.29, 1.82) is 0 Å². The van der Waals surface area contributed by atoms with Gasteiger partial charge >= 0.3 is 0 Å². The number of carbonyl (C=O) groups excluding carboxylic acids is 1. The number of carbonyl (C=O) groups is 1. The molecule has 1 N–H and O–H groups in total. The van der Waals surface area contributed by atoms with E-state index in [2.05, 4.69) is 29.6 Å². The van der Waals surface area contributed by atoms with Gasteiger partial charge in [-0.2, -0.15) is 0 Å². The van der Waals surface area contributed by atoms with Crippen LogP contribution in [0.5, 0.6) is 0 Å². The number of anilines is 1. The van der Waals surface area contributed by atoms with Gasteiger partial charge in [-0.1, -0.05) is 30.3 Å². The smallest absolute Gasteiger partial charge is 0.225 e. The number of fused-ring (bicyclic) bond motifs is 1. The maximum atomic E-state index is 14.5. The number of halogens is 1. The van der Waals surface area contributed by atoms with E-state index >= 15 is 0 Å². The maximum absolute atomic E-state index is 14.5. The molecule has 2 atom stereocenters. The van der Waals surface area contributed by atoms with E-state index in [1.807, 2.05) is 6.07 Å². The van der Waals surface area contributed by atoms with Crippen molar-refractivity contribution in [2.75, 3.05) is 18.5 Å². The summed E-state index contributed by atoms with van der Waals surface area (Å²) in [5.41, 5.74) is 4.23. The number of benzene rings is 2. The monoisotopic (exact) mass is 365 g/mol. The molecule has 1 heterocycles. The lowest BCUT2D eigenvalue weighted by atomic mass is 9.86. The minimum absolute atomic E-state index is 0.0284. The van der Waals surface area contributed by atoms with Crippen LogP contribution in [0.15, 0.2) is 42.5 Å². The second-order valence-electron chi connectivity index (χ2n) is 8.34. The third-order valence-corrected chi connectivity index (χ3v) is 6.65. The van der Waals surface area contributed by atoms with Gasteiger partial charge in [-0.05, 0) is 65.8 Å². The molecule has 2 fully saturated rings. The van der Waals surface area contributed by atoms with Crippen molar-refractivity contribution in [2.24, 2.45) is 5.41 Å². The predicted octanol–water partition coefficient (Wildman–Crippen LogP) is 4.78. The zero-order chi connectivity index (χ0) is 18.4. The van der Waals surface area contributed by atoms with Gasteiger partial charge in [-0.3, -0.25) is 4.79 Å². The van der Waals surface area contributed by atoms with Crippen LogP contribution in [0.1, 0.15) is 54.2 Å². The van der Waals surface area contributed by atoms with Gasteiger partial charge in [-0.15, -0.1) is 0 Å². The molecular weight excluding hydrogens is 341 g/mol. The Hall–Kier alpha value is -2.20. The average Bonchev–Trinajstić information content (AvgIpc) is 3.10. The van der Waals surface area contributed by atoms with Crippen molar-refractivity contribution in [2.45, 2.75) is 43.9 Å². The summed E-state index contributed by atoms with van der Waals surface area (Å²) >= 11 is 0. The molecule has 1 saturated carbocycles. The van der Waals surface area contributed by atoms with Crippen molar-refractivity contribution >= 4 is 11.6 Å². The van der Waals surface area contributed by atoms with Crippen LogP contribution < -0.4 is 5.32 Å². The Bertz CT molecular complexity index is 884. The summed E-state index contributed by atoms with van der Waals surface area (Å²) in [4.78, 5) is 12.7. The van der Waals surface area contributed by atoms with E-state index in [1.54, 1.807) is 6.07 Å². The van der Waals surface area contributed by atoms with Gasteiger partial charge < -0.3 is 10.1 Å². The average molecular weight is 365 g/mol. The van der Waals surface area contributed by atoms with Crippen LogP contribution in [0.25, 0.3) is 0 Å². The van der Waals surface area contributed by atoms with Gasteiger partial charge in [0.1, 0.15) is 5.82 Å². The summed E-state index contributed by atoms with van der Waals surface area (Å²) in [5, 5.41) is 2.91. The molecule has 3 aliphatic rings. The highest BCUT2D eigenvalue weighted by Crippen LogP contribution is 2.64. The maximum Gasteiger partial charge on any atom is 0.225 e. The zero-order valence-electron chi connectivity index (χ0n) is 15.3. The lowest BCUT2D eigenvalue weighted by Gasteiger charge is -2.19. The fraction of sp³-hybridized carbons (Fsp3) is 0.435. The van der Waals surface area contributed by atoms with E-state index < -0.39 is 0 Å². The van der Waals surface area contributed by atoms with Gasteiger partial charge in [0.2, 0.25) is 5.91 Å². The fourth-order valence-corrected chi connectivity index (χ4v) is 4.99. The van der Waals surface area contributed by atoms with Crippen LogP contribution in [0.2, 0.25) is 0 Å². The number of nitrogens with one attached hydrogen (secondary N) is 1. The minimum Gasteiger partial charge on any atom is -0.381 e. The van der Waals surface area contributed by atoms with Gasteiger partial charge in [0.05, 0.1) is 6.61 Å².